The van der Waals surface area contributed by atoms with Gasteiger partial charge < -0.3 is 42.0 Å². The van der Waals surface area contributed by atoms with Crippen molar-refractivity contribution in [3.63, 3.8) is 0 Å². The molecular formula is C26H36N6O8. The third-order valence-corrected chi connectivity index (χ3v) is 5.95. The fraction of sp³-hybridized carbons (Fsp3) is 0.462. The fourth-order valence-corrected chi connectivity index (χ4v) is 3.83. The summed E-state index contributed by atoms with van der Waals surface area (Å²) in [5.74, 6) is -4.64. The van der Waals surface area contributed by atoms with E-state index in [2.05, 4.69) is 25.9 Å². The highest BCUT2D eigenvalue weighted by Crippen LogP contribution is 2.12. The predicted octanol–water partition coefficient (Wildman–Crippen LogP) is -0.322. The van der Waals surface area contributed by atoms with E-state index in [1.807, 2.05) is 13.8 Å². The van der Waals surface area contributed by atoms with Crippen molar-refractivity contribution >= 4 is 29.7 Å². The summed E-state index contributed by atoms with van der Waals surface area (Å²) < 4.78 is 0. The molecule has 9 N–H and O–H groups in total. The topological polar surface area (TPSA) is 237 Å². The number of aromatic hydroxyl groups is 1. The van der Waals surface area contributed by atoms with Gasteiger partial charge >= 0.3 is 11.9 Å². The third kappa shape index (κ3) is 10.7. The lowest BCUT2D eigenvalue weighted by atomic mass is 10.0. The number of phenolic OH excluding ortho intramolecular Hbond substituents is 1. The number of aliphatic carboxylic acids is 2. The number of nitrogens with zero attached hydrogens (tertiary/aromatic N) is 1. The number of nitrogens with one attached hydrogen (secondary N) is 4. The van der Waals surface area contributed by atoms with Gasteiger partial charge in [-0.15, -0.1) is 0 Å². The first kappa shape index (κ1) is 31.8. The van der Waals surface area contributed by atoms with Gasteiger partial charge in [0, 0.05) is 31.2 Å². The van der Waals surface area contributed by atoms with Gasteiger partial charge in [-0.2, -0.15) is 0 Å². The minimum atomic E-state index is -1.34. The SMILES string of the molecule is CC(C)CC(NC(=O)C(N)CCC(=O)O)C(=O)NC(Cc1cnc[nH]1)C(=O)NC(Cc1ccc(O)cc1)C(=O)O. The van der Waals surface area contributed by atoms with Gasteiger partial charge in [0.15, 0.2) is 0 Å². The molecular weight excluding hydrogens is 524 g/mol. The summed E-state index contributed by atoms with van der Waals surface area (Å²) in [6, 6.07) is 1.04. The Bertz CT molecular complexity index is 1150. The van der Waals surface area contributed by atoms with E-state index < -0.39 is 53.8 Å². The van der Waals surface area contributed by atoms with Crippen molar-refractivity contribution in [1.82, 2.24) is 25.9 Å². The maximum atomic E-state index is 13.3. The van der Waals surface area contributed by atoms with Crippen molar-refractivity contribution in [2.24, 2.45) is 11.7 Å². The number of H-pyrrole nitrogens is 1. The molecule has 4 atom stereocenters. The Balaban J connectivity index is 2.19. The molecule has 4 unspecified atom stereocenters. The molecule has 1 aromatic heterocycles. The number of hydrogen-bond acceptors (Lipinski definition) is 8. The monoisotopic (exact) mass is 560 g/mol. The van der Waals surface area contributed by atoms with Crippen LogP contribution in [0.15, 0.2) is 36.8 Å². The lowest BCUT2D eigenvalue weighted by Gasteiger charge is -2.26. The smallest absolute Gasteiger partial charge is 0.326 e. The Morgan fingerprint density at radius 1 is 0.900 bits per heavy atom. The van der Waals surface area contributed by atoms with E-state index in [0.29, 0.717) is 11.3 Å². The van der Waals surface area contributed by atoms with E-state index in [1.54, 1.807) is 0 Å². The Hall–Kier alpha value is -4.46. The van der Waals surface area contributed by atoms with Crippen LogP contribution >= 0.6 is 0 Å². The van der Waals surface area contributed by atoms with E-state index in [4.69, 9.17) is 10.8 Å². The normalized spacial score (nSPS) is 14.0. The molecule has 2 rings (SSSR count). The predicted molar refractivity (Wildman–Crippen MR) is 142 cm³/mol. The average molecular weight is 561 g/mol. The Labute approximate surface area is 230 Å². The summed E-state index contributed by atoms with van der Waals surface area (Å²) in [4.78, 5) is 68.6. The molecule has 1 aromatic carbocycles. The summed E-state index contributed by atoms with van der Waals surface area (Å²) in [5, 5.41) is 35.6. The number of nitrogens with two attached hydrogens (primary N) is 1. The Morgan fingerprint density at radius 3 is 2.05 bits per heavy atom. The maximum absolute atomic E-state index is 13.3. The fourth-order valence-electron chi connectivity index (χ4n) is 3.83. The van der Waals surface area contributed by atoms with Crippen molar-refractivity contribution in [2.45, 2.75) is 70.1 Å². The molecule has 0 radical (unpaired) electrons. The van der Waals surface area contributed by atoms with Crippen LogP contribution in [0, 0.1) is 5.92 Å². The van der Waals surface area contributed by atoms with Crippen molar-refractivity contribution in [3.05, 3.63) is 48.0 Å². The molecule has 0 saturated heterocycles. The standard InChI is InChI=1S/C26H36N6O8/c1-14(2)9-19(30-23(36)18(27)7-8-22(34)35)24(37)31-20(11-16-12-28-13-29-16)25(38)32-21(26(39)40)10-15-3-5-17(33)6-4-15/h3-6,12-14,18-21,33H,7-11,27H2,1-2H3,(H,28,29)(H,30,36)(H,31,37)(H,32,38)(H,34,35)(H,39,40). The minimum absolute atomic E-state index is 0.00730. The molecule has 0 spiro atoms. The Morgan fingerprint density at radius 2 is 1.50 bits per heavy atom. The van der Waals surface area contributed by atoms with Crippen LogP contribution in [0.3, 0.4) is 0 Å². The van der Waals surface area contributed by atoms with E-state index in [9.17, 15) is 34.2 Å². The first-order valence-corrected chi connectivity index (χ1v) is 12.7. The zero-order valence-electron chi connectivity index (χ0n) is 22.3. The van der Waals surface area contributed by atoms with Gasteiger partial charge in [0.25, 0.3) is 0 Å². The number of carboxylic acid groups (broad SMARTS) is 2. The molecule has 0 saturated carbocycles. The number of rotatable bonds is 16. The summed E-state index contributed by atoms with van der Waals surface area (Å²) in [5.41, 5.74) is 6.83. The molecule has 0 aliphatic heterocycles. The van der Waals surface area contributed by atoms with Crippen LogP contribution in [-0.4, -0.2) is 79.1 Å². The number of carbonyl (C=O) groups is 5. The molecule has 1 heterocycles. The second-order valence-electron chi connectivity index (χ2n) is 9.84. The zero-order valence-corrected chi connectivity index (χ0v) is 22.3. The second kappa shape index (κ2) is 15.2. The maximum Gasteiger partial charge on any atom is 0.326 e. The van der Waals surface area contributed by atoms with Gasteiger partial charge in [0.1, 0.15) is 23.9 Å². The Kier molecular flexibility index (Phi) is 12.1. The highest BCUT2D eigenvalue weighted by Gasteiger charge is 2.31. The van der Waals surface area contributed by atoms with Crippen LogP contribution in [0.1, 0.15) is 44.4 Å². The number of carboxylic acids is 2. The lowest BCUT2D eigenvalue weighted by molar-refractivity contribution is -0.142. The molecule has 218 valence electrons. The molecule has 14 heteroatoms. The average Bonchev–Trinajstić information content (AvgIpc) is 3.40. The molecule has 14 nitrogen and oxygen atoms in total. The van der Waals surface area contributed by atoms with Crippen molar-refractivity contribution in [3.8, 4) is 5.75 Å². The second-order valence-corrected chi connectivity index (χ2v) is 9.84. The number of phenols is 1. The first-order chi connectivity index (χ1) is 18.8. The summed E-state index contributed by atoms with van der Waals surface area (Å²) in [6.07, 6.45) is 2.45. The minimum Gasteiger partial charge on any atom is -0.508 e. The summed E-state index contributed by atoms with van der Waals surface area (Å²) >= 11 is 0. The number of imidazole rings is 1. The van der Waals surface area contributed by atoms with Crippen LogP contribution in [-0.2, 0) is 36.8 Å². The van der Waals surface area contributed by atoms with Crippen molar-refractivity contribution in [1.29, 1.82) is 0 Å². The van der Waals surface area contributed by atoms with Crippen LogP contribution < -0.4 is 21.7 Å². The molecule has 0 aliphatic rings. The zero-order chi connectivity index (χ0) is 29.8. The van der Waals surface area contributed by atoms with E-state index in [0.717, 1.165) is 0 Å². The number of aromatic amines is 1. The summed E-state index contributed by atoms with van der Waals surface area (Å²) in [6.45, 7) is 3.65. The molecule has 0 bridgehead atoms. The van der Waals surface area contributed by atoms with E-state index in [-0.39, 0.29) is 43.8 Å². The van der Waals surface area contributed by atoms with E-state index >= 15 is 0 Å². The van der Waals surface area contributed by atoms with Crippen molar-refractivity contribution in [2.75, 3.05) is 0 Å². The van der Waals surface area contributed by atoms with Crippen LogP contribution in [0.5, 0.6) is 5.75 Å². The molecule has 2 aromatic rings. The highest BCUT2D eigenvalue weighted by molar-refractivity contribution is 5.94. The summed E-state index contributed by atoms with van der Waals surface area (Å²) in [7, 11) is 0. The number of aromatic nitrogens is 2. The van der Waals surface area contributed by atoms with Crippen LogP contribution in [0.2, 0.25) is 0 Å². The van der Waals surface area contributed by atoms with Gasteiger partial charge in [0.05, 0.1) is 12.4 Å². The molecule has 3 amide bonds. The lowest BCUT2D eigenvalue weighted by Crippen LogP contribution is -2.58. The van der Waals surface area contributed by atoms with Gasteiger partial charge in [-0.05, 0) is 36.5 Å². The van der Waals surface area contributed by atoms with Gasteiger partial charge in [-0.1, -0.05) is 26.0 Å². The number of amides is 3. The van der Waals surface area contributed by atoms with Crippen LogP contribution in [0.25, 0.3) is 0 Å². The largest absolute Gasteiger partial charge is 0.508 e. The van der Waals surface area contributed by atoms with Gasteiger partial charge in [-0.3, -0.25) is 19.2 Å². The van der Waals surface area contributed by atoms with Gasteiger partial charge in [-0.25, -0.2) is 9.78 Å². The molecule has 0 aliphatic carbocycles. The number of benzene rings is 1. The highest BCUT2D eigenvalue weighted by atomic mass is 16.4. The molecule has 40 heavy (non-hydrogen) atoms. The molecule has 0 fully saturated rings. The quantitative estimate of drug-likeness (QED) is 0.133. The first-order valence-electron chi connectivity index (χ1n) is 12.7. The third-order valence-electron chi connectivity index (χ3n) is 5.95. The van der Waals surface area contributed by atoms with Crippen LogP contribution in [0.4, 0.5) is 0 Å². The van der Waals surface area contributed by atoms with Gasteiger partial charge in [0.2, 0.25) is 17.7 Å². The number of hydrogen-bond donors (Lipinski definition) is 8. The van der Waals surface area contributed by atoms with Crippen molar-refractivity contribution < 1.29 is 39.3 Å². The van der Waals surface area contributed by atoms with E-state index in [1.165, 1.54) is 36.8 Å². The number of carbonyl (C=O) groups excluding carboxylic acids is 3.